The number of hydrogen-bond acceptors (Lipinski definition) is 4. The van der Waals surface area contributed by atoms with Crippen LogP contribution in [-0.2, 0) is 24.4 Å². The molecule has 0 aliphatic heterocycles. The maximum atomic E-state index is 14.7. The molecule has 2 aromatic carbocycles. The minimum Gasteiger partial charge on any atom is -0.318 e. The summed E-state index contributed by atoms with van der Waals surface area (Å²) >= 11 is 0. The van der Waals surface area contributed by atoms with E-state index >= 15 is 0 Å². The van der Waals surface area contributed by atoms with Crippen LogP contribution in [0.15, 0.2) is 53.5 Å². The number of carbonyl (C=O) groups is 1. The second-order valence-electron chi connectivity index (χ2n) is 6.72. The molecule has 0 bridgehead atoms. The lowest BCUT2D eigenvalue weighted by Crippen LogP contribution is -2.17. The first-order valence-electron chi connectivity index (χ1n) is 9.04. The Morgan fingerprint density at radius 1 is 1.00 bits per heavy atom. The highest BCUT2D eigenvalue weighted by molar-refractivity contribution is 7.70. The van der Waals surface area contributed by atoms with Gasteiger partial charge in [-0.05, 0) is 53.9 Å². The highest BCUT2D eigenvalue weighted by Gasteiger charge is 2.21. The molecule has 162 valence electrons. The second kappa shape index (κ2) is 9.27. The monoisotopic (exact) mass is 450 g/mol. The number of hydrogen-bond donors (Lipinski definition) is 2. The van der Waals surface area contributed by atoms with E-state index in [9.17, 15) is 31.2 Å². The molecule has 0 radical (unpaired) electrons. The molecule has 0 amide bonds. The average molecular weight is 450 g/mol. The molecule has 0 saturated heterocycles. The van der Waals surface area contributed by atoms with E-state index in [0.717, 1.165) is 28.8 Å². The standard InChI is InChI=1S/C21H17F3N2O4S/c1-26-11-17(19(24)10-20(26)27)15-8-13(6-7-25-31(29)30)18(23)9-16(15)21(28)12-2-4-14(22)5-3-12/h2-5,8-11,31H,6-7H2,1H3,(H,25,29,30). The smallest absolute Gasteiger partial charge is 0.253 e. The highest BCUT2D eigenvalue weighted by Crippen LogP contribution is 2.30. The lowest BCUT2D eigenvalue weighted by atomic mass is 9.91. The van der Waals surface area contributed by atoms with Crippen molar-refractivity contribution >= 4 is 16.7 Å². The topological polar surface area (TPSA) is 85.2 Å². The summed E-state index contributed by atoms with van der Waals surface area (Å²) in [7, 11) is -1.48. The molecule has 1 N–H and O–H groups in total. The van der Waals surface area contributed by atoms with E-state index in [-0.39, 0.29) is 40.8 Å². The SMILES string of the molecule is Cn1cc(-c2cc(CCN[SH](=O)=O)c(F)cc2C(=O)c2ccc(F)cc2)c(F)cc1=O. The van der Waals surface area contributed by atoms with Crippen LogP contribution in [0.3, 0.4) is 0 Å². The van der Waals surface area contributed by atoms with Crippen LogP contribution < -0.4 is 10.3 Å². The fraction of sp³-hybridized carbons (Fsp3) is 0.143. The fourth-order valence-electron chi connectivity index (χ4n) is 3.06. The van der Waals surface area contributed by atoms with Crippen LogP contribution in [0.25, 0.3) is 11.1 Å². The Labute approximate surface area is 177 Å². The van der Waals surface area contributed by atoms with E-state index in [2.05, 4.69) is 4.72 Å². The number of aryl methyl sites for hydroxylation is 1. The van der Waals surface area contributed by atoms with Gasteiger partial charge in [-0.1, -0.05) is 0 Å². The number of carbonyl (C=O) groups excluding carboxylic acids is 1. The molecule has 0 fully saturated rings. The van der Waals surface area contributed by atoms with Crippen molar-refractivity contribution < 1.29 is 26.4 Å². The number of halogens is 3. The van der Waals surface area contributed by atoms with E-state index in [4.69, 9.17) is 0 Å². The van der Waals surface area contributed by atoms with Crippen molar-refractivity contribution in [2.45, 2.75) is 6.42 Å². The first kappa shape index (κ1) is 22.4. The van der Waals surface area contributed by atoms with Crippen LogP contribution >= 0.6 is 0 Å². The van der Waals surface area contributed by atoms with Gasteiger partial charge in [0.25, 0.3) is 5.56 Å². The molecule has 0 aliphatic rings. The third-order valence-corrected chi connectivity index (χ3v) is 5.12. The lowest BCUT2D eigenvalue weighted by molar-refractivity contribution is 0.103. The number of nitrogens with one attached hydrogen (secondary N) is 1. The molecule has 6 nitrogen and oxygen atoms in total. The summed E-state index contributed by atoms with van der Waals surface area (Å²) in [4.78, 5) is 24.7. The van der Waals surface area contributed by atoms with Gasteiger partial charge in [-0.25, -0.2) is 26.3 Å². The van der Waals surface area contributed by atoms with Gasteiger partial charge in [-0.15, -0.1) is 0 Å². The van der Waals surface area contributed by atoms with Crippen molar-refractivity contribution in [1.82, 2.24) is 9.29 Å². The first-order valence-corrected chi connectivity index (χ1v) is 10.2. The molecule has 10 heteroatoms. The fourth-order valence-corrected chi connectivity index (χ4v) is 3.36. The number of thiol groups is 1. The number of nitrogens with zero attached hydrogens (tertiary/aromatic N) is 1. The summed E-state index contributed by atoms with van der Waals surface area (Å²) in [6.07, 6.45) is 1.13. The van der Waals surface area contributed by atoms with Gasteiger partial charge in [0.15, 0.2) is 5.78 Å². The normalized spacial score (nSPS) is 11.1. The van der Waals surface area contributed by atoms with Crippen molar-refractivity contribution in [2.24, 2.45) is 7.05 Å². The molecular formula is C21H17F3N2O4S. The van der Waals surface area contributed by atoms with Gasteiger partial charge >= 0.3 is 0 Å². The van der Waals surface area contributed by atoms with Crippen LogP contribution in [0.4, 0.5) is 13.2 Å². The van der Waals surface area contributed by atoms with E-state index in [1.165, 1.54) is 31.4 Å². The Morgan fingerprint density at radius 3 is 2.32 bits per heavy atom. The Hall–Kier alpha value is -3.24. The summed E-state index contributed by atoms with van der Waals surface area (Å²) < 4.78 is 67.2. The van der Waals surface area contributed by atoms with Gasteiger partial charge in [0, 0.05) is 42.5 Å². The maximum Gasteiger partial charge on any atom is 0.253 e. The predicted molar refractivity (Wildman–Crippen MR) is 109 cm³/mol. The quantitative estimate of drug-likeness (QED) is 0.428. The predicted octanol–water partition coefficient (Wildman–Crippen LogP) is 2.36. The molecule has 0 saturated carbocycles. The van der Waals surface area contributed by atoms with Gasteiger partial charge in [0.05, 0.1) is 0 Å². The van der Waals surface area contributed by atoms with Gasteiger partial charge in [0.1, 0.15) is 17.5 Å². The zero-order chi connectivity index (χ0) is 22.7. The molecule has 3 rings (SSSR count). The molecule has 31 heavy (non-hydrogen) atoms. The van der Waals surface area contributed by atoms with E-state index in [1.807, 2.05) is 0 Å². The molecule has 0 atom stereocenters. The number of rotatable bonds is 7. The lowest BCUT2D eigenvalue weighted by Gasteiger charge is -2.14. The summed E-state index contributed by atoms with van der Waals surface area (Å²) in [5, 5.41) is 0. The van der Waals surface area contributed by atoms with Gasteiger partial charge in [-0.3, -0.25) is 9.59 Å². The molecule has 0 aliphatic carbocycles. The highest BCUT2D eigenvalue weighted by atomic mass is 32.2. The molecule has 0 unspecified atom stereocenters. The van der Waals surface area contributed by atoms with Crippen molar-refractivity contribution in [3.63, 3.8) is 0 Å². The van der Waals surface area contributed by atoms with Crippen LogP contribution in [0.5, 0.6) is 0 Å². The summed E-state index contributed by atoms with van der Waals surface area (Å²) in [6, 6.07) is 7.50. The number of ketones is 1. The Balaban J connectivity index is 2.18. The Kier molecular flexibility index (Phi) is 6.71. The Morgan fingerprint density at radius 2 is 1.68 bits per heavy atom. The Bertz CT molecular complexity index is 1280. The minimum absolute atomic E-state index is 0.0188. The van der Waals surface area contributed by atoms with E-state index < -0.39 is 39.7 Å². The number of pyridine rings is 1. The van der Waals surface area contributed by atoms with Crippen LogP contribution in [-0.4, -0.2) is 25.3 Å². The summed E-state index contributed by atoms with van der Waals surface area (Å²) in [5.41, 5.74) is -0.790. The van der Waals surface area contributed by atoms with E-state index in [0.29, 0.717) is 0 Å². The zero-order valence-electron chi connectivity index (χ0n) is 16.2. The largest absolute Gasteiger partial charge is 0.318 e. The van der Waals surface area contributed by atoms with Crippen molar-refractivity contribution in [2.75, 3.05) is 6.54 Å². The summed E-state index contributed by atoms with van der Waals surface area (Å²) in [6.45, 7) is -0.101. The van der Waals surface area contributed by atoms with Crippen molar-refractivity contribution in [3.05, 3.63) is 93.2 Å². The third-order valence-electron chi connectivity index (χ3n) is 4.64. The first-order chi connectivity index (χ1) is 14.7. The number of benzene rings is 2. The third kappa shape index (κ3) is 5.09. The molecule has 1 heterocycles. The van der Waals surface area contributed by atoms with Gasteiger partial charge < -0.3 is 4.57 Å². The molecule has 3 aromatic rings. The van der Waals surface area contributed by atoms with Crippen LogP contribution in [0.1, 0.15) is 21.5 Å². The second-order valence-corrected chi connectivity index (χ2v) is 7.56. The maximum absolute atomic E-state index is 14.7. The molecular weight excluding hydrogens is 433 g/mol. The van der Waals surface area contributed by atoms with E-state index in [1.54, 1.807) is 0 Å². The van der Waals surface area contributed by atoms with Gasteiger partial charge in [0.2, 0.25) is 10.9 Å². The van der Waals surface area contributed by atoms with Gasteiger partial charge in [-0.2, -0.15) is 0 Å². The summed E-state index contributed by atoms with van der Waals surface area (Å²) in [5.74, 6) is -2.93. The zero-order valence-corrected chi connectivity index (χ0v) is 17.1. The van der Waals surface area contributed by atoms with Crippen molar-refractivity contribution in [3.8, 4) is 11.1 Å². The number of aromatic nitrogens is 1. The minimum atomic E-state index is -2.88. The average Bonchev–Trinajstić information content (AvgIpc) is 2.71. The molecule has 0 spiro atoms. The van der Waals surface area contributed by atoms with Crippen molar-refractivity contribution in [1.29, 1.82) is 0 Å². The molecule has 1 aromatic heterocycles. The van der Waals surface area contributed by atoms with Crippen LogP contribution in [0.2, 0.25) is 0 Å². The van der Waals surface area contributed by atoms with Crippen LogP contribution in [0, 0.1) is 17.5 Å².